The maximum absolute atomic E-state index is 11.6. The lowest BCUT2D eigenvalue weighted by atomic mass is 9.88. The molecule has 0 saturated carbocycles. The van der Waals surface area contributed by atoms with E-state index in [4.69, 9.17) is 0 Å². The van der Waals surface area contributed by atoms with Crippen molar-refractivity contribution in [3.05, 3.63) is 35.3 Å². The van der Waals surface area contributed by atoms with Crippen LogP contribution in [0.4, 0.5) is 0 Å². The van der Waals surface area contributed by atoms with Crippen LogP contribution in [0, 0.1) is 6.92 Å². The molecule has 0 saturated heterocycles. The smallest absolute Gasteiger partial charge is 0.178 e. The molecule has 17 heavy (non-hydrogen) atoms. The maximum Gasteiger partial charge on any atom is 0.178 e. The number of pyridine rings is 1. The first-order valence-electron chi connectivity index (χ1n) is 5.81. The molecule has 0 aliphatic heterocycles. The minimum atomic E-state index is 0.0222. The van der Waals surface area contributed by atoms with Gasteiger partial charge in [0.2, 0.25) is 0 Å². The van der Waals surface area contributed by atoms with Crippen molar-refractivity contribution in [2.24, 2.45) is 0 Å². The van der Waals surface area contributed by atoms with E-state index in [0.717, 1.165) is 16.9 Å². The lowest BCUT2D eigenvalue weighted by Gasteiger charge is -2.19. The standard InChI is InChI=1S/C14H18N2O/c1-9-12(10(2)17)16-8-6-7-11(13(16)15-9)14(3,4)5/h6-8H,1-5H3. The molecule has 3 heteroatoms. The molecule has 0 spiro atoms. The van der Waals surface area contributed by atoms with Crippen LogP contribution in [-0.4, -0.2) is 15.2 Å². The lowest BCUT2D eigenvalue weighted by molar-refractivity contribution is 0.101. The first-order valence-corrected chi connectivity index (χ1v) is 5.81. The van der Waals surface area contributed by atoms with Crippen molar-refractivity contribution in [2.45, 2.75) is 40.0 Å². The van der Waals surface area contributed by atoms with Gasteiger partial charge in [0.05, 0.1) is 5.69 Å². The molecular formula is C14H18N2O. The van der Waals surface area contributed by atoms with Crippen molar-refractivity contribution in [3.63, 3.8) is 0 Å². The molecule has 0 N–H and O–H groups in total. The number of rotatable bonds is 1. The number of nitrogens with zero attached hydrogens (tertiary/aromatic N) is 2. The number of Topliss-reactive ketones (excluding diaryl/α,β-unsaturated/α-hetero) is 1. The summed E-state index contributed by atoms with van der Waals surface area (Å²) >= 11 is 0. The number of aryl methyl sites for hydroxylation is 1. The summed E-state index contributed by atoms with van der Waals surface area (Å²) in [6, 6.07) is 4.05. The van der Waals surface area contributed by atoms with Crippen LogP contribution in [0.15, 0.2) is 18.3 Å². The molecule has 0 unspecified atom stereocenters. The number of hydrogen-bond acceptors (Lipinski definition) is 2. The maximum atomic E-state index is 11.6. The summed E-state index contributed by atoms with van der Waals surface area (Å²) < 4.78 is 1.90. The summed E-state index contributed by atoms with van der Waals surface area (Å²) in [6.45, 7) is 9.93. The van der Waals surface area contributed by atoms with E-state index in [9.17, 15) is 4.79 Å². The molecule has 3 nitrogen and oxygen atoms in total. The van der Waals surface area contributed by atoms with Gasteiger partial charge in [0.1, 0.15) is 11.3 Å². The monoisotopic (exact) mass is 230 g/mol. The van der Waals surface area contributed by atoms with E-state index < -0.39 is 0 Å². The highest BCUT2D eigenvalue weighted by atomic mass is 16.1. The summed E-state index contributed by atoms with van der Waals surface area (Å²) in [6.07, 6.45) is 1.90. The summed E-state index contributed by atoms with van der Waals surface area (Å²) in [4.78, 5) is 16.2. The second kappa shape index (κ2) is 3.69. The van der Waals surface area contributed by atoms with Gasteiger partial charge in [0, 0.05) is 18.7 Å². The SMILES string of the molecule is CC(=O)c1c(C)nc2c(C(C)(C)C)cccn12. The highest BCUT2D eigenvalue weighted by molar-refractivity contribution is 5.94. The van der Waals surface area contributed by atoms with Crippen molar-refractivity contribution >= 4 is 11.4 Å². The van der Waals surface area contributed by atoms with Crippen LogP contribution >= 0.6 is 0 Å². The third-order valence-corrected chi connectivity index (χ3v) is 2.97. The van der Waals surface area contributed by atoms with Gasteiger partial charge in [0.15, 0.2) is 5.78 Å². The van der Waals surface area contributed by atoms with Crippen LogP contribution < -0.4 is 0 Å². The number of hydrogen-bond donors (Lipinski definition) is 0. The van der Waals surface area contributed by atoms with E-state index in [1.54, 1.807) is 6.92 Å². The van der Waals surface area contributed by atoms with E-state index in [-0.39, 0.29) is 11.2 Å². The zero-order valence-corrected chi connectivity index (χ0v) is 11.0. The third-order valence-electron chi connectivity index (χ3n) is 2.97. The molecule has 2 aromatic heterocycles. The van der Waals surface area contributed by atoms with Crippen LogP contribution in [0.3, 0.4) is 0 Å². The number of imidazole rings is 1. The molecular weight excluding hydrogens is 212 g/mol. The Labute approximate surface area is 101 Å². The normalized spacial score (nSPS) is 12.1. The first-order chi connectivity index (χ1) is 7.82. The van der Waals surface area contributed by atoms with Gasteiger partial charge in [-0.05, 0) is 18.4 Å². The molecule has 0 fully saturated rings. The number of aromatic nitrogens is 2. The van der Waals surface area contributed by atoms with Gasteiger partial charge in [-0.1, -0.05) is 26.8 Å². The zero-order chi connectivity index (χ0) is 12.8. The molecule has 0 aromatic carbocycles. The van der Waals surface area contributed by atoms with Gasteiger partial charge >= 0.3 is 0 Å². The fraction of sp³-hybridized carbons (Fsp3) is 0.429. The van der Waals surface area contributed by atoms with Gasteiger partial charge in [-0.25, -0.2) is 4.98 Å². The second-order valence-electron chi connectivity index (χ2n) is 5.47. The summed E-state index contributed by atoms with van der Waals surface area (Å²) in [5.74, 6) is 0.0565. The van der Waals surface area contributed by atoms with Crippen molar-refractivity contribution in [2.75, 3.05) is 0 Å². The van der Waals surface area contributed by atoms with Crippen molar-refractivity contribution in [1.29, 1.82) is 0 Å². The first kappa shape index (κ1) is 11.8. The molecule has 0 radical (unpaired) electrons. The fourth-order valence-electron chi connectivity index (χ4n) is 2.19. The van der Waals surface area contributed by atoms with E-state index in [1.807, 2.05) is 23.6 Å². The van der Waals surface area contributed by atoms with Crippen LogP contribution in [-0.2, 0) is 5.41 Å². The predicted molar refractivity (Wildman–Crippen MR) is 68.6 cm³/mol. The Morgan fingerprint density at radius 1 is 1.35 bits per heavy atom. The molecule has 2 aromatic rings. The topological polar surface area (TPSA) is 34.4 Å². The van der Waals surface area contributed by atoms with Gasteiger partial charge in [0.25, 0.3) is 0 Å². The quantitative estimate of drug-likeness (QED) is 0.705. The average molecular weight is 230 g/mol. The second-order valence-corrected chi connectivity index (χ2v) is 5.47. The lowest BCUT2D eigenvalue weighted by Crippen LogP contribution is -2.13. The Morgan fingerprint density at radius 3 is 2.53 bits per heavy atom. The van der Waals surface area contributed by atoms with E-state index in [0.29, 0.717) is 5.69 Å². The fourth-order valence-corrected chi connectivity index (χ4v) is 2.19. The van der Waals surface area contributed by atoms with Crippen molar-refractivity contribution < 1.29 is 4.79 Å². The summed E-state index contributed by atoms with van der Waals surface area (Å²) in [5, 5.41) is 0. The van der Waals surface area contributed by atoms with Gasteiger partial charge in [-0.3, -0.25) is 9.20 Å². The van der Waals surface area contributed by atoms with Gasteiger partial charge < -0.3 is 0 Å². The largest absolute Gasteiger partial charge is 0.297 e. The van der Waals surface area contributed by atoms with Crippen LogP contribution in [0.2, 0.25) is 0 Å². The number of carbonyl (C=O) groups is 1. The summed E-state index contributed by atoms with van der Waals surface area (Å²) in [7, 11) is 0. The number of carbonyl (C=O) groups excluding carboxylic acids is 1. The van der Waals surface area contributed by atoms with Crippen LogP contribution in [0.5, 0.6) is 0 Å². The highest BCUT2D eigenvalue weighted by Crippen LogP contribution is 2.27. The van der Waals surface area contributed by atoms with Crippen molar-refractivity contribution in [3.8, 4) is 0 Å². The van der Waals surface area contributed by atoms with Crippen molar-refractivity contribution in [1.82, 2.24) is 9.38 Å². The Hall–Kier alpha value is -1.64. The predicted octanol–water partition coefficient (Wildman–Crippen LogP) is 3.14. The Bertz CT molecular complexity index is 588. The van der Waals surface area contributed by atoms with E-state index in [2.05, 4.69) is 31.8 Å². The van der Waals surface area contributed by atoms with E-state index in [1.165, 1.54) is 0 Å². The molecule has 0 aliphatic rings. The van der Waals surface area contributed by atoms with Crippen LogP contribution in [0.25, 0.3) is 5.65 Å². The minimum absolute atomic E-state index is 0.0222. The molecule has 2 heterocycles. The molecule has 2 rings (SSSR count). The van der Waals surface area contributed by atoms with Gasteiger partial charge in [-0.15, -0.1) is 0 Å². The third kappa shape index (κ3) is 1.86. The Kier molecular flexibility index (Phi) is 2.57. The summed E-state index contributed by atoms with van der Waals surface area (Å²) in [5.41, 5.74) is 3.56. The molecule has 90 valence electrons. The highest BCUT2D eigenvalue weighted by Gasteiger charge is 2.21. The average Bonchev–Trinajstić information content (AvgIpc) is 2.51. The Morgan fingerprint density at radius 2 is 2.00 bits per heavy atom. The zero-order valence-electron chi connectivity index (χ0n) is 11.0. The van der Waals surface area contributed by atoms with Crippen LogP contribution in [0.1, 0.15) is 49.4 Å². The minimum Gasteiger partial charge on any atom is -0.297 e. The number of ketones is 1. The van der Waals surface area contributed by atoms with E-state index >= 15 is 0 Å². The molecule has 0 aliphatic carbocycles. The molecule has 0 atom stereocenters. The Balaban J connectivity index is 2.85. The number of fused-ring (bicyclic) bond motifs is 1. The molecule has 0 amide bonds. The van der Waals surface area contributed by atoms with Gasteiger partial charge in [-0.2, -0.15) is 0 Å². The molecule has 0 bridgehead atoms.